The lowest BCUT2D eigenvalue weighted by molar-refractivity contribution is -0.129. The van der Waals surface area contributed by atoms with Gasteiger partial charge in [0.2, 0.25) is 0 Å². The quantitative estimate of drug-likeness (QED) is 0.729. The van der Waals surface area contributed by atoms with Gasteiger partial charge in [-0.1, -0.05) is 48.5 Å². The van der Waals surface area contributed by atoms with Crippen LogP contribution in [0.25, 0.3) is 0 Å². The highest BCUT2D eigenvalue weighted by Crippen LogP contribution is 2.49. The summed E-state index contributed by atoms with van der Waals surface area (Å²) in [7, 11) is 0. The molecule has 0 aromatic heterocycles. The molecule has 0 aliphatic heterocycles. The lowest BCUT2D eigenvalue weighted by atomic mass is 9.60. The summed E-state index contributed by atoms with van der Waals surface area (Å²) in [5.41, 5.74) is 0.431. The van der Waals surface area contributed by atoms with Crippen molar-refractivity contribution in [2.75, 3.05) is 0 Å². The van der Waals surface area contributed by atoms with Crippen molar-refractivity contribution in [1.82, 2.24) is 5.32 Å². The Morgan fingerprint density at radius 1 is 1.00 bits per heavy atom. The van der Waals surface area contributed by atoms with Crippen molar-refractivity contribution in [1.29, 1.82) is 0 Å². The molecule has 0 heterocycles. The van der Waals surface area contributed by atoms with E-state index in [1.54, 1.807) is 0 Å². The van der Waals surface area contributed by atoms with Gasteiger partial charge in [-0.05, 0) is 63.2 Å². The SMILES string of the molecule is CC1(C)CC(CC(NC(C)(C)C)C(=O)C(C)(C)C)CC(C)(C)C1. The van der Waals surface area contributed by atoms with Crippen molar-refractivity contribution in [3.63, 3.8) is 0 Å². The molecule has 2 heteroatoms. The fraction of sp³-hybridized carbons (Fsp3) is 0.952. The van der Waals surface area contributed by atoms with Crippen LogP contribution in [-0.2, 0) is 4.79 Å². The Morgan fingerprint density at radius 2 is 1.43 bits per heavy atom. The van der Waals surface area contributed by atoms with Gasteiger partial charge in [0, 0.05) is 11.0 Å². The third-order valence-corrected chi connectivity index (χ3v) is 4.87. The molecule has 136 valence electrons. The molecule has 1 saturated carbocycles. The first-order chi connectivity index (χ1) is 10.0. The number of carbonyl (C=O) groups excluding carboxylic acids is 1. The van der Waals surface area contributed by atoms with Gasteiger partial charge in [0.15, 0.2) is 5.78 Å². The highest BCUT2D eigenvalue weighted by Gasteiger charge is 2.41. The Kier molecular flexibility index (Phi) is 5.84. The Balaban J connectivity index is 2.94. The molecule has 0 aromatic rings. The lowest BCUT2D eigenvalue weighted by Gasteiger charge is -2.46. The van der Waals surface area contributed by atoms with E-state index in [4.69, 9.17) is 0 Å². The third kappa shape index (κ3) is 6.95. The first kappa shape index (κ1) is 20.7. The molecule has 1 fully saturated rings. The van der Waals surface area contributed by atoms with E-state index < -0.39 is 0 Å². The standard InChI is InChI=1S/C21H41NO/c1-18(2,3)17(23)16(22-19(4,5)6)11-15-12-20(7,8)14-21(9,10)13-15/h15-16,22H,11-14H2,1-10H3. The minimum Gasteiger partial charge on any atom is -0.303 e. The lowest BCUT2D eigenvalue weighted by Crippen LogP contribution is -2.52. The Hall–Kier alpha value is -0.370. The van der Waals surface area contributed by atoms with Crippen LogP contribution < -0.4 is 5.32 Å². The average molecular weight is 324 g/mol. The summed E-state index contributed by atoms with van der Waals surface area (Å²) in [6, 6.07) is -0.0373. The predicted molar refractivity (Wildman–Crippen MR) is 101 cm³/mol. The monoisotopic (exact) mass is 323 g/mol. The van der Waals surface area contributed by atoms with Gasteiger partial charge < -0.3 is 5.32 Å². The molecule has 0 bridgehead atoms. The van der Waals surface area contributed by atoms with Gasteiger partial charge in [-0.15, -0.1) is 0 Å². The van der Waals surface area contributed by atoms with Crippen molar-refractivity contribution >= 4 is 5.78 Å². The topological polar surface area (TPSA) is 29.1 Å². The number of hydrogen-bond acceptors (Lipinski definition) is 2. The zero-order chi connectivity index (χ0) is 18.3. The highest BCUT2D eigenvalue weighted by atomic mass is 16.1. The van der Waals surface area contributed by atoms with Crippen LogP contribution >= 0.6 is 0 Å². The maximum atomic E-state index is 13.0. The summed E-state index contributed by atoms with van der Waals surface area (Å²) in [5, 5.41) is 3.61. The molecule has 1 aliphatic carbocycles. The number of carbonyl (C=O) groups is 1. The molecule has 0 amide bonds. The van der Waals surface area contributed by atoms with Gasteiger partial charge in [0.05, 0.1) is 6.04 Å². The van der Waals surface area contributed by atoms with Crippen molar-refractivity contribution in [3.8, 4) is 0 Å². The van der Waals surface area contributed by atoms with Crippen LogP contribution in [0, 0.1) is 22.2 Å². The number of hydrogen-bond donors (Lipinski definition) is 1. The molecule has 1 unspecified atom stereocenters. The second-order valence-electron chi connectivity index (χ2n) is 11.6. The molecule has 1 rings (SSSR count). The molecule has 2 nitrogen and oxygen atoms in total. The van der Waals surface area contributed by atoms with E-state index in [2.05, 4.69) is 53.8 Å². The minimum atomic E-state index is -0.289. The number of rotatable bonds is 4. The summed E-state index contributed by atoms with van der Waals surface area (Å²) in [6.45, 7) is 22.2. The van der Waals surface area contributed by atoms with Gasteiger partial charge >= 0.3 is 0 Å². The first-order valence-corrected chi connectivity index (χ1v) is 9.33. The fourth-order valence-electron chi connectivity index (χ4n) is 4.85. The summed E-state index contributed by atoms with van der Waals surface area (Å²) in [5.74, 6) is 0.980. The molecule has 1 N–H and O–H groups in total. The summed E-state index contributed by atoms with van der Waals surface area (Å²) in [4.78, 5) is 13.0. The van der Waals surface area contributed by atoms with Crippen molar-refractivity contribution in [2.45, 2.75) is 107 Å². The van der Waals surface area contributed by atoms with Crippen LogP contribution in [0.3, 0.4) is 0 Å². The first-order valence-electron chi connectivity index (χ1n) is 9.33. The van der Waals surface area contributed by atoms with E-state index >= 15 is 0 Å². The maximum absolute atomic E-state index is 13.0. The normalized spacial score (nSPS) is 23.6. The van der Waals surface area contributed by atoms with Crippen LogP contribution in [-0.4, -0.2) is 17.4 Å². The van der Waals surface area contributed by atoms with Crippen LogP contribution in [0.1, 0.15) is 94.9 Å². The Morgan fingerprint density at radius 3 is 1.78 bits per heavy atom. The summed E-state index contributed by atoms with van der Waals surface area (Å²) in [6.07, 6.45) is 4.72. The fourth-order valence-corrected chi connectivity index (χ4v) is 4.85. The molecule has 0 radical (unpaired) electrons. The van der Waals surface area contributed by atoms with Gasteiger partial charge in [-0.3, -0.25) is 4.79 Å². The molecule has 1 aliphatic rings. The van der Waals surface area contributed by atoms with Crippen molar-refractivity contribution in [2.24, 2.45) is 22.2 Å². The molecule has 1 atom stereocenters. The molecule has 0 aromatic carbocycles. The summed E-state index contributed by atoms with van der Waals surface area (Å²) < 4.78 is 0. The second kappa shape index (κ2) is 6.50. The van der Waals surface area contributed by atoms with E-state index in [0.29, 0.717) is 22.5 Å². The summed E-state index contributed by atoms with van der Waals surface area (Å²) >= 11 is 0. The second-order valence-corrected chi connectivity index (χ2v) is 11.6. The van der Waals surface area contributed by atoms with Crippen LogP contribution in [0.15, 0.2) is 0 Å². The molecule has 0 spiro atoms. The average Bonchev–Trinajstić information content (AvgIpc) is 2.18. The van der Waals surface area contributed by atoms with Crippen LogP contribution in [0.4, 0.5) is 0 Å². The number of Topliss-reactive ketones (excluding diaryl/α,β-unsaturated/α-hetero) is 1. The Labute approximate surface area is 145 Å². The zero-order valence-corrected chi connectivity index (χ0v) is 17.4. The van der Waals surface area contributed by atoms with E-state index in [-0.39, 0.29) is 17.0 Å². The third-order valence-electron chi connectivity index (χ3n) is 4.87. The van der Waals surface area contributed by atoms with E-state index in [9.17, 15) is 4.79 Å². The van der Waals surface area contributed by atoms with Gasteiger partial charge in [0.1, 0.15) is 0 Å². The Bertz CT molecular complexity index is 404. The van der Waals surface area contributed by atoms with Crippen molar-refractivity contribution < 1.29 is 4.79 Å². The smallest absolute Gasteiger partial charge is 0.155 e. The number of nitrogens with one attached hydrogen (secondary N) is 1. The van der Waals surface area contributed by atoms with Gasteiger partial charge in [0.25, 0.3) is 0 Å². The minimum absolute atomic E-state index is 0.0364. The molecular weight excluding hydrogens is 282 g/mol. The predicted octanol–water partition coefficient (Wildman–Crippen LogP) is 5.60. The van der Waals surface area contributed by atoms with E-state index in [1.165, 1.54) is 19.3 Å². The largest absolute Gasteiger partial charge is 0.303 e. The maximum Gasteiger partial charge on any atom is 0.155 e. The molecular formula is C21H41NO. The molecule has 23 heavy (non-hydrogen) atoms. The van der Waals surface area contributed by atoms with Gasteiger partial charge in [-0.25, -0.2) is 0 Å². The van der Waals surface area contributed by atoms with Crippen LogP contribution in [0.2, 0.25) is 0 Å². The zero-order valence-electron chi connectivity index (χ0n) is 17.4. The van der Waals surface area contributed by atoms with Gasteiger partial charge in [-0.2, -0.15) is 0 Å². The molecule has 0 saturated heterocycles. The highest BCUT2D eigenvalue weighted by molar-refractivity contribution is 5.88. The van der Waals surface area contributed by atoms with Crippen LogP contribution in [0.5, 0.6) is 0 Å². The van der Waals surface area contributed by atoms with E-state index in [1.807, 2.05) is 20.8 Å². The van der Waals surface area contributed by atoms with Crippen molar-refractivity contribution in [3.05, 3.63) is 0 Å². The number of ketones is 1. The van der Waals surface area contributed by atoms with E-state index in [0.717, 1.165) is 6.42 Å².